The van der Waals surface area contributed by atoms with Gasteiger partial charge in [0, 0.05) is 54.9 Å². The maximum absolute atomic E-state index is 14.6. The Hall–Kier alpha value is -3.36. The van der Waals surface area contributed by atoms with Crippen LogP contribution in [0.1, 0.15) is 24.2 Å². The second kappa shape index (κ2) is 9.36. The van der Waals surface area contributed by atoms with Gasteiger partial charge in [-0.25, -0.2) is 8.78 Å². The molecule has 0 bridgehead atoms. The maximum Gasteiger partial charge on any atom is 0.258 e. The summed E-state index contributed by atoms with van der Waals surface area (Å²) in [6, 6.07) is 14.8. The fraction of sp³-hybridized carbons (Fsp3) is 0.333. The molecule has 1 fully saturated rings. The predicted octanol–water partition coefficient (Wildman–Crippen LogP) is 3.09. The van der Waals surface area contributed by atoms with Gasteiger partial charge in [-0.15, -0.1) is 0 Å². The predicted molar refractivity (Wildman–Crippen MR) is 127 cm³/mol. The topological polar surface area (TPSA) is 74.6 Å². The van der Waals surface area contributed by atoms with E-state index in [1.165, 1.54) is 18.2 Å². The van der Waals surface area contributed by atoms with Crippen molar-refractivity contribution < 1.29 is 18.7 Å². The van der Waals surface area contributed by atoms with Crippen LogP contribution in [0.4, 0.5) is 8.78 Å². The molecule has 1 saturated heterocycles. The molecule has 4 atom stereocenters. The normalized spacial score (nSPS) is 23.2. The lowest BCUT2D eigenvalue weighted by atomic mass is 9.88. The summed E-state index contributed by atoms with van der Waals surface area (Å²) >= 11 is 0. The zero-order valence-electron chi connectivity index (χ0n) is 19.3. The number of aliphatic hydroxyl groups excluding tert-OH is 1. The van der Waals surface area contributed by atoms with Crippen LogP contribution in [0.2, 0.25) is 0 Å². The summed E-state index contributed by atoms with van der Waals surface area (Å²) in [4.78, 5) is 28.5. The smallest absolute Gasteiger partial charge is 0.258 e. The molecule has 3 heterocycles. The number of fused-ring (bicyclic) bond motifs is 3. The van der Waals surface area contributed by atoms with E-state index in [0.717, 1.165) is 5.69 Å². The molecule has 0 aliphatic carbocycles. The van der Waals surface area contributed by atoms with E-state index in [1.54, 1.807) is 41.0 Å². The van der Waals surface area contributed by atoms with Crippen LogP contribution < -0.4 is 10.9 Å². The summed E-state index contributed by atoms with van der Waals surface area (Å²) in [5.74, 6) is -1.58. The number of carbonyl (C=O) groups excluding carboxylic acids is 1. The number of aromatic nitrogens is 1. The minimum Gasteiger partial charge on any atom is -0.396 e. The number of likely N-dealkylation sites (tertiary alicyclic amines) is 1. The fourth-order valence-corrected chi connectivity index (χ4v) is 5.74. The summed E-state index contributed by atoms with van der Waals surface area (Å²) in [5, 5.41) is 13.2. The second-order valence-corrected chi connectivity index (χ2v) is 9.15. The van der Waals surface area contributed by atoms with Crippen LogP contribution in [-0.2, 0) is 17.9 Å². The number of nitrogens with one attached hydrogen (secondary N) is 1. The van der Waals surface area contributed by atoms with Gasteiger partial charge < -0.3 is 15.0 Å². The van der Waals surface area contributed by atoms with E-state index in [9.17, 15) is 23.5 Å². The number of carbonyl (C=O) groups is 1. The Morgan fingerprint density at radius 3 is 2.51 bits per heavy atom. The maximum atomic E-state index is 14.6. The van der Waals surface area contributed by atoms with E-state index in [0.29, 0.717) is 29.8 Å². The van der Waals surface area contributed by atoms with Gasteiger partial charge in [0.2, 0.25) is 5.91 Å². The SMILES string of the molecule is CCNC(=O)[C@H]1[C@H](CO)[C@H]2Cn3c(ccc(-c4ccc(F)cc4)c3=O)[C@H]2N1Cc1ccccc1F. The number of hydrogen-bond acceptors (Lipinski definition) is 4. The number of amides is 1. The Kier molecular flexibility index (Phi) is 6.25. The first-order valence-electron chi connectivity index (χ1n) is 11.8. The average molecular weight is 480 g/mol. The molecule has 35 heavy (non-hydrogen) atoms. The number of benzene rings is 2. The largest absolute Gasteiger partial charge is 0.396 e. The van der Waals surface area contributed by atoms with Crippen molar-refractivity contribution in [2.24, 2.45) is 11.8 Å². The Balaban J connectivity index is 1.59. The number of aliphatic hydroxyl groups is 1. The lowest BCUT2D eigenvalue weighted by Gasteiger charge is -2.31. The zero-order chi connectivity index (χ0) is 24.7. The molecular formula is C27H27F2N3O3. The lowest BCUT2D eigenvalue weighted by molar-refractivity contribution is -0.127. The van der Waals surface area contributed by atoms with Crippen molar-refractivity contribution in [2.75, 3.05) is 13.2 Å². The molecule has 1 aromatic heterocycles. The highest BCUT2D eigenvalue weighted by Gasteiger charge is 2.55. The van der Waals surface area contributed by atoms with Crippen molar-refractivity contribution in [3.63, 3.8) is 0 Å². The van der Waals surface area contributed by atoms with Crippen molar-refractivity contribution in [1.29, 1.82) is 0 Å². The Labute approximate surface area is 201 Å². The third kappa shape index (κ3) is 3.96. The number of likely N-dealkylation sites (N-methyl/N-ethyl adjacent to an activating group) is 1. The van der Waals surface area contributed by atoms with Crippen molar-refractivity contribution in [3.8, 4) is 11.1 Å². The van der Waals surface area contributed by atoms with Gasteiger partial charge in [-0.1, -0.05) is 30.3 Å². The monoisotopic (exact) mass is 479 g/mol. The highest BCUT2D eigenvalue weighted by Crippen LogP contribution is 2.50. The third-order valence-electron chi connectivity index (χ3n) is 7.28. The number of halogens is 2. The molecule has 1 amide bonds. The van der Waals surface area contributed by atoms with Gasteiger partial charge in [0.15, 0.2) is 0 Å². The minimum absolute atomic E-state index is 0.167. The first kappa shape index (κ1) is 23.4. The summed E-state index contributed by atoms with van der Waals surface area (Å²) < 4.78 is 29.7. The Morgan fingerprint density at radius 1 is 1.09 bits per heavy atom. The van der Waals surface area contributed by atoms with Gasteiger partial charge >= 0.3 is 0 Å². The van der Waals surface area contributed by atoms with Gasteiger partial charge in [0.25, 0.3) is 5.56 Å². The van der Waals surface area contributed by atoms with Gasteiger partial charge in [-0.2, -0.15) is 0 Å². The first-order valence-corrected chi connectivity index (χ1v) is 11.8. The highest BCUT2D eigenvalue weighted by molar-refractivity contribution is 5.82. The molecule has 2 aromatic carbocycles. The fourth-order valence-electron chi connectivity index (χ4n) is 5.74. The quantitative estimate of drug-likeness (QED) is 0.570. The summed E-state index contributed by atoms with van der Waals surface area (Å²) in [6.45, 7) is 2.54. The number of hydrogen-bond donors (Lipinski definition) is 2. The van der Waals surface area contributed by atoms with Crippen molar-refractivity contribution >= 4 is 5.91 Å². The van der Waals surface area contributed by atoms with Crippen LogP contribution in [0.15, 0.2) is 65.5 Å². The lowest BCUT2D eigenvalue weighted by Crippen LogP contribution is -2.48. The molecule has 0 spiro atoms. The second-order valence-electron chi connectivity index (χ2n) is 9.15. The Morgan fingerprint density at radius 2 is 1.83 bits per heavy atom. The van der Waals surface area contributed by atoms with Crippen molar-refractivity contribution in [2.45, 2.75) is 32.1 Å². The molecule has 3 aromatic rings. The molecular weight excluding hydrogens is 452 g/mol. The number of rotatable bonds is 6. The van der Waals surface area contributed by atoms with E-state index < -0.39 is 12.0 Å². The van der Waals surface area contributed by atoms with E-state index >= 15 is 0 Å². The molecule has 8 heteroatoms. The summed E-state index contributed by atoms with van der Waals surface area (Å²) in [6.07, 6.45) is 0. The molecule has 0 unspecified atom stereocenters. The van der Waals surface area contributed by atoms with Gasteiger partial charge in [-0.05, 0) is 42.8 Å². The van der Waals surface area contributed by atoms with Crippen LogP contribution >= 0.6 is 0 Å². The van der Waals surface area contributed by atoms with E-state index in [1.807, 2.05) is 17.9 Å². The van der Waals surface area contributed by atoms with E-state index in [2.05, 4.69) is 5.32 Å². The Bertz CT molecular complexity index is 1310. The molecule has 0 saturated carbocycles. The summed E-state index contributed by atoms with van der Waals surface area (Å²) in [5.41, 5.74) is 2.04. The van der Waals surface area contributed by atoms with Crippen molar-refractivity contribution in [1.82, 2.24) is 14.8 Å². The molecule has 5 rings (SSSR count). The number of pyridine rings is 1. The number of nitrogens with zero attached hydrogens (tertiary/aromatic N) is 2. The van der Waals surface area contributed by atoms with Crippen LogP contribution in [0.3, 0.4) is 0 Å². The van der Waals surface area contributed by atoms with Gasteiger partial charge in [0.1, 0.15) is 11.6 Å². The standard InChI is InChI=1S/C27H27F2N3O3/c1-2-30-26(34)25-21(15-33)20-14-31-23(24(20)32(25)13-17-5-3-4-6-22(17)29)12-11-19(27(31)35)16-7-9-18(28)10-8-16/h3-12,20-21,24-25,33H,2,13-15H2,1H3,(H,30,34)/t20-,21-,24+,25-/m1/s1. The molecule has 2 N–H and O–H groups in total. The molecule has 0 radical (unpaired) electrons. The first-order chi connectivity index (χ1) is 16.9. The minimum atomic E-state index is -0.657. The zero-order valence-corrected chi connectivity index (χ0v) is 19.3. The average Bonchev–Trinajstić information content (AvgIpc) is 3.37. The molecule has 2 aliphatic rings. The van der Waals surface area contributed by atoms with Crippen LogP contribution in [-0.4, -0.2) is 39.7 Å². The third-order valence-corrected chi connectivity index (χ3v) is 7.28. The molecule has 6 nitrogen and oxygen atoms in total. The van der Waals surface area contributed by atoms with Crippen LogP contribution in [0.5, 0.6) is 0 Å². The highest BCUT2D eigenvalue weighted by atomic mass is 19.1. The van der Waals surface area contributed by atoms with Gasteiger partial charge in [0.05, 0.1) is 12.1 Å². The van der Waals surface area contributed by atoms with Gasteiger partial charge in [-0.3, -0.25) is 14.5 Å². The van der Waals surface area contributed by atoms with E-state index in [4.69, 9.17) is 0 Å². The van der Waals surface area contributed by atoms with Crippen LogP contribution in [0.25, 0.3) is 11.1 Å². The molecule has 2 aliphatic heterocycles. The molecule has 182 valence electrons. The summed E-state index contributed by atoms with van der Waals surface area (Å²) in [7, 11) is 0. The van der Waals surface area contributed by atoms with Crippen molar-refractivity contribution in [3.05, 3.63) is 93.9 Å². The van der Waals surface area contributed by atoms with Crippen LogP contribution in [0, 0.1) is 23.5 Å². The van der Waals surface area contributed by atoms with E-state index in [-0.39, 0.29) is 48.2 Å².